The summed E-state index contributed by atoms with van der Waals surface area (Å²) in [4.78, 5) is 6.78. The molecule has 0 fully saturated rings. The summed E-state index contributed by atoms with van der Waals surface area (Å²) in [6, 6.07) is 0. The van der Waals surface area contributed by atoms with Gasteiger partial charge < -0.3 is 24.3 Å². The van der Waals surface area contributed by atoms with Crippen molar-refractivity contribution in [3.8, 4) is 0 Å². The second-order valence-corrected chi connectivity index (χ2v) is 5.17. The van der Waals surface area contributed by atoms with Crippen LogP contribution in [0.3, 0.4) is 0 Å². The predicted octanol–water partition coefficient (Wildman–Crippen LogP) is 1.61. The van der Waals surface area contributed by atoms with Gasteiger partial charge in [-0.15, -0.1) is 0 Å². The second kappa shape index (κ2) is 10.6. The second-order valence-electron chi connectivity index (χ2n) is 5.17. The van der Waals surface area contributed by atoms with Gasteiger partial charge in [-0.05, 0) is 27.3 Å². The first-order valence-electron chi connectivity index (χ1n) is 7.70. The third-order valence-electron chi connectivity index (χ3n) is 3.24. The van der Waals surface area contributed by atoms with Crippen molar-refractivity contribution in [2.45, 2.75) is 26.8 Å². The van der Waals surface area contributed by atoms with Gasteiger partial charge in [-0.25, -0.2) is 4.98 Å². The van der Waals surface area contributed by atoms with Crippen LogP contribution in [-0.4, -0.2) is 68.1 Å². The van der Waals surface area contributed by atoms with Crippen LogP contribution in [-0.2, 0) is 16.0 Å². The van der Waals surface area contributed by atoms with E-state index in [0.717, 1.165) is 64.1 Å². The first-order valence-corrected chi connectivity index (χ1v) is 7.70. The van der Waals surface area contributed by atoms with Crippen LogP contribution in [0.5, 0.6) is 0 Å². The molecule has 21 heavy (non-hydrogen) atoms. The number of rotatable bonds is 12. The molecule has 1 aromatic rings. The number of nitrogens with zero attached hydrogens (tertiary/aromatic N) is 3. The van der Waals surface area contributed by atoms with E-state index in [1.54, 1.807) is 7.11 Å². The van der Waals surface area contributed by atoms with Gasteiger partial charge in [0, 0.05) is 52.7 Å². The van der Waals surface area contributed by atoms with Crippen LogP contribution < -0.4 is 5.32 Å². The molecule has 0 unspecified atom stereocenters. The Bertz CT molecular complexity index is 382. The standard InChI is InChI=1S/C15H30N4O2/c1-5-21-11-6-8-19-13-14(2)17-15(19)16-7-9-18(3)10-12-20-4/h13H,5-12H2,1-4H3,(H,16,17). The Hall–Kier alpha value is -1.11. The molecule has 1 heterocycles. The minimum Gasteiger partial charge on any atom is -0.383 e. The lowest BCUT2D eigenvalue weighted by atomic mass is 10.4. The molecule has 0 aromatic carbocycles. The normalized spacial score (nSPS) is 11.3. The number of likely N-dealkylation sites (N-methyl/N-ethyl adjacent to an activating group) is 1. The fourth-order valence-electron chi connectivity index (χ4n) is 2.06. The third-order valence-corrected chi connectivity index (χ3v) is 3.24. The van der Waals surface area contributed by atoms with Crippen molar-refractivity contribution >= 4 is 5.95 Å². The van der Waals surface area contributed by atoms with E-state index in [4.69, 9.17) is 9.47 Å². The lowest BCUT2D eigenvalue weighted by Crippen LogP contribution is -2.28. The molecule has 6 nitrogen and oxygen atoms in total. The zero-order valence-electron chi connectivity index (χ0n) is 13.9. The number of nitrogens with one attached hydrogen (secondary N) is 1. The molecule has 0 bridgehead atoms. The Balaban J connectivity index is 2.33. The van der Waals surface area contributed by atoms with Crippen molar-refractivity contribution < 1.29 is 9.47 Å². The van der Waals surface area contributed by atoms with E-state index in [0.29, 0.717) is 0 Å². The Morgan fingerprint density at radius 3 is 2.86 bits per heavy atom. The van der Waals surface area contributed by atoms with Gasteiger partial charge in [0.05, 0.1) is 12.3 Å². The van der Waals surface area contributed by atoms with Crippen LogP contribution in [0.2, 0.25) is 0 Å². The number of imidazole rings is 1. The molecule has 6 heteroatoms. The topological polar surface area (TPSA) is 51.5 Å². The number of anilines is 1. The quantitative estimate of drug-likeness (QED) is 0.594. The van der Waals surface area contributed by atoms with Crippen LogP contribution in [0.4, 0.5) is 5.95 Å². The van der Waals surface area contributed by atoms with E-state index in [2.05, 4.69) is 33.0 Å². The monoisotopic (exact) mass is 298 g/mol. The van der Waals surface area contributed by atoms with Gasteiger partial charge in [-0.1, -0.05) is 0 Å². The number of hydrogen-bond donors (Lipinski definition) is 1. The smallest absolute Gasteiger partial charge is 0.203 e. The van der Waals surface area contributed by atoms with Crippen molar-refractivity contribution in [1.29, 1.82) is 0 Å². The van der Waals surface area contributed by atoms with Gasteiger partial charge in [0.1, 0.15) is 0 Å². The van der Waals surface area contributed by atoms with Gasteiger partial charge in [0.15, 0.2) is 0 Å². The lowest BCUT2D eigenvalue weighted by molar-refractivity contribution is 0.142. The Labute approximate surface area is 128 Å². The van der Waals surface area contributed by atoms with Gasteiger partial charge in [-0.3, -0.25) is 0 Å². The number of methoxy groups -OCH3 is 1. The lowest BCUT2D eigenvalue weighted by Gasteiger charge is -2.16. The van der Waals surface area contributed by atoms with Crippen molar-refractivity contribution in [2.75, 3.05) is 58.9 Å². The summed E-state index contributed by atoms with van der Waals surface area (Å²) in [7, 11) is 3.83. The maximum Gasteiger partial charge on any atom is 0.203 e. The van der Waals surface area contributed by atoms with Crippen LogP contribution in [0.1, 0.15) is 19.0 Å². The average molecular weight is 298 g/mol. The van der Waals surface area contributed by atoms with Crippen molar-refractivity contribution in [3.63, 3.8) is 0 Å². The number of aromatic nitrogens is 2. The van der Waals surface area contributed by atoms with E-state index in [1.807, 2.05) is 13.8 Å². The van der Waals surface area contributed by atoms with E-state index in [1.165, 1.54) is 0 Å². The summed E-state index contributed by atoms with van der Waals surface area (Å²) in [5.41, 5.74) is 1.04. The maximum absolute atomic E-state index is 5.38. The van der Waals surface area contributed by atoms with Crippen LogP contribution in [0.15, 0.2) is 6.20 Å². The predicted molar refractivity (Wildman–Crippen MR) is 85.9 cm³/mol. The summed E-state index contributed by atoms with van der Waals surface area (Å²) in [5, 5.41) is 3.41. The SMILES string of the molecule is CCOCCCn1cc(C)nc1NCCN(C)CCOC. The van der Waals surface area contributed by atoms with E-state index >= 15 is 0 Å². The highest BCUT2D eigenvalue weighted by Gasteiger charge is 2.05. The Kier molecular flexibility index (Phi) is 9.05. The van der Waals surface area contributed by atoms with Gasteiger partial charge >= 0.3 is 0 Å². The summed E-state index contributed by atoms with van der Waals surface area (Å²) in [6.07, 6.45) is 3.09. The van der Waals surface area contributed by atoms with Gasteiger partial charge in [-0.2, -0.15) is 0 Å². The fraction of sp³-hybridized carbons (Fsp3) is 0.800. The van der Waals surface area contributed by atoms with Crippen molar-refractivity contribution in [1.82, 2.24) is 14.5 Å². The zero-order chi connectivity index (χ0) is 15.5. The molecular formula is C15H30N4O2. The fourth-order valence-corrected chi connectivity index (χ4v) is 2.06. The highest BCUT2D eigenvalue weighted by atomic mass is 16.5. The summed E-state index contributed by atoms with van der Waals surface area (Å²) in [5.74, 6) is 0.948. The molecule has 1 N–H and O–H groups in total. The first kappa shape index (κ1) is 17.9. The molecule has 122 valence electrons. The largest absolute Gasteiger partial charge is 0.383 e. The van der Waals surface area contributed by atoms with Crippen molar-refractivity contribution in [2.24, 2.45) is 0 Å². The minimum absolute atomic E-state index is 0.766. The molecule has 0 aliphatic rings. The summed E-state index contributed by atoms with van der Waals surface area (Å²) >= 11 is 0. The minimum atomic E-state index is 0.766. The first-order chi connectivity index (χ1) is 10.2. The number of ether oxygens (including phenoxy) is 2. The van der Waals surface area contributed by atoms with E-state index in [9.17, 15) is 0 Å². The number of hydrogen-bond acceptors (Lipinski definition) is 5. The van der Waals surface area contributed by atoms with E-state index in [-0.39, 0.29) is 0 Å². The summed E-state index contributed by atoms with van der Waals surface area (Å²) < 4.78 is 12.6. The van der Waals surface area contributed by atoms with Crippen LogP contribution >= 0.6 is 0 Å². The Morgan fingerprint density at radius 2 is 2.14 bits per heavy atom. The molecule has 0 saturated carbocycles. The number of aryl methyl sites for hydroxylation is 2. The molecule has 0 radical (unpaired) electrons. The molecule has 1 aromatic heterocycles. The van der Waals surface area contributed by atoms with Crippen molar-refractivity contribution in [3.05, 3.63) is 11.9 Å². The highest BCUT2D eigenvalue weighted by Crippen LogP contribution is 2.09. The third kappa shape index (κ3) is 7.45. The molecule has 1 rings (SSSR count). The maximum atomic E-state index is 5.38. The molecule has 0 aliphatic carbocycles. The molecule has 0 amide bonds. The molecule has 0 aliphatic heterocycles. The summed E-state index contributed by atoms with van der Waals surface area (Å²) in [6.45, 7) is 10.1. The molecule has 0 spiro atoms. The molecule has 0 saturated heterocycles. The zero-order valence-corrected chi connectivity index (χ0v) is 13.9. The van der Waals surface area contributed by atoms with E-state index < -0.39 is 0 Å². The highest BCUT2D eigenvalue weighted by molar-refractivity contribution is 5.28. The Morgan fingerprint density at radius 1 is 1.33 bits per heavy atom. The van der Waals surface area contributed by atoms with Gasteiger partial charge in [0.25, 0.3) is 0 Å². The van der Waals surface area contributed by atoms with Crippen LogP contribution in [0, 0.1) is 6.92 Å². The average Bonchev–Trinajstić information content (AvgIpc) is 2.81. The van der Waals surface area contributed by atoms with Gasteiger partial charge in [0.2, 0.25) is 5.95 Å². The molecular weight excluding hydrogens is 268 g/mol. The van der Waals surface area contributed by atoms with Crippen LogP contribution in [0.25, 0.3) is 0 Å². The molecule has 0 atom stereocenters.